The number of carbonyl (C=O) groups excluding carboxylic acids is 1. The van der Waals surface area contributed by atoms with E-state index in [1.165, 1.54) is 6.07 Å². The summed E-state index contributed by atoms with van der Waals surface area (Å²) in [5, 5.41) is 11.7. The number of anilines is 2. The second-order valence-electron chi connectivity index (χ2n) is 4.81. The van der Waals surface area contributed by atoms with Crippen LogP contribution in [-0.2, 0) is 11.8 Å². The van der Waals surface area contributed by atoms with Crippen LogP contribution in [0.1, 0.15) is 17.4 Å². The molecule has 0 radical (unpaired) electrons. The Balaban J connectivity index is 1.98. The van der Waals surface area contributed by atoms with E-state index in [4.69, 9.17) is 16.3 Å². The number of ether oxygens (including phenoxy) is 1. The van der Waals surface area contributed by atoms with Gasteiger partial charge in [0, 0.05) is 24.7 Å². The Morgan fingerprint density at radius 3 is 2.96 bits per heavy atom. The maximum absolute atomic E-state index is 12.0. The first-order valence-corrected chi connectivity index (χ1v) is 7.35. The van der Waals surface area contributed by atoms with Crippen molar-refractivity contribution in [2.24, 2.45) is 7.05 Å². The molecule has 0 spiro atoms. The van der Waals surface area contributed by atoms with Crippen LogP contribution < -0.4 is 5.32 Å². The minimum Gasteiger partial charge on any atom is -0.461 e. The molecule has 0 atom stereocenters. The average molecular weight is 332 g/mol. The van der Waals surface area contributed by atoms with E-state index < -0.39 is 5.97 Å². The van der Waals surface area contributed by atoms with Gasteiger partial charge in [-0.15, -0.1) is 10.2 Å². The number of halogens is 1. The number of carbonyl (C=O) groups is 1. The van der Waals surface area contributed by atoms with Gasteiger partial charge in [-0.2, -0.15) is 0 Å². The summed E-state index contributed by atoms with van der Waals surface area (Å²) >= 11 is 5.88. The molecule has 23 heavy (non-hydrogen) atoms. The van der Waals surface area contributed by atoms with Crippen LogP contribution in [0.3, 0.4) is 0 Å². The van der Waals surface area contributed by atoms with E-state index in [1.807, 2.05) is 36.0 Å². The molecule has 3 aromatic rings. The molecule has 0 saturated heterocycles. The van der Waals surface area contributed by atoms with Crippen LogP contribution in [0.5, 0.6) is 0 Å². The fraction of sp³-hybridized carbons (Fsp3) is 0.200. The van der Waals surface area contributed by atoms with E-state index in [1.54, 1.807) is 6.92 Å². The van der Waals surface area contributed by atoms with Gasteiger partial charge in [-0.25, -0.2) is 9.78 Å². The molecule has 0 fully saturated rings. The highest BCUT2D eigenvalue weighted by Crippen LogP contribution is 2.23. The molecular weight excluding hydrogens is 318 g/mol. The lowest BCUT2D eigenvalue weighted by atomic mass is 10.3. The van der Waals surface area contributed by atoms with Crippen LogP contribution in [0.15, 0.2) is 30.5 Å². The van der Waals surface area contributed by atoms with Crippen molar-refractivity contribution in [3.05, 3.63) is 41.3 Å². The zero-order chi connectivity index (χ0) is 16.4. The standard InChI is InChI=1S/C15H14ClN5O2/c1-3-23-15(22)13-10(8-11(16)19-20-13)17-12-5-4-9-6-7-21(2)14(9)18-12/h4-8H,3H2,1-2H3,(H,17,18,19). The largest absolute Gasteiger partial charge is 0.461 e. The molecule has 7 nitrogen and oxygen atoms in total. The van der Waals surface area contributed by atoms with Crippen molar-refractivity contribution in [2.45, 2.75) is 6.92 Å². The first-order valence-electron chi connectivity index (χ1n) is 6.98. The van der Waals surface area contributed by atoms with Gasteiger partial charge in [-0.1, -0.05) is 11.6 Å². The smallest absolute Gasteiger partial charge is 0.361 e. The maximum Gasteiger partial charge on any atom is 0.361 e. The van der Waals surface area contributed by atoms with E-state index in [0.717, 1.165) is 11.0 Å². The highest BCUT2D eigenvalue weighted by molar-refractivity contribution is 6.29. The maximum atomic E-state index is 12.0. The van der Waals surface area contributed by atoms with Crippen LogP contribution >= 0.6 is 11.6 Å². The molecule has 3 heterocycles. The number of nitrogens with zero attached hydrogens (tertiary/aromatic N) is 4. The number of hydrogen-bond acceptors (Lipinski definition) is 6. The second-order valence-corrected chi connectivity index (χ2v) is 5.20. The van der Waals surface area contributed by atoms with Gasteiger partial charge in [0.25, 0.3) is 0 Å². The summed E-state index contributed by atoms with van der Waals surface area (Å²) in [6, 6.07) is 7.23. The summed E-state index contributed by atoms with van der Waals surface area (Å²) in [5.74, 6) is -0.00646. The van der Waals surface area contributed by atoms with E-state index in [0.29, 0.717) is 11.5 Å². The van der Waals surface area contributed by atoms with Crippen LogP contribution in [0, 0.1) is 0 Å². The molecule has 0 aromatic carbocycles. The van der Waals surface area contributed by atoms with Crippen molar-refractivity contribution in [3.63, 3.8) is 0 Å². The lowest BCUT2D eigenvalue weighted by molar-refractivity contribution is 0.0519. The number of pyridine rings is 1. The molecule has 3 rings (SSSR count). The van der Waals surface area contributed by atoms with Crippen molar-refractivity contribution in [1.29, 1.82) is 0 Å². The number of nitrogens with one attached hydrogen (secondary N) is 1. The summed E-state index contributed by atoms with van der Waals surface area (Å²) in [7, 11) is 1.91. The summed E-state index contributed by atoms with van der Waals surface area (Å²) in [6.07, 6.45) is 1.93. The third-order valence-electron chi connectivity index (χ3n) is 3.21. The molecule has 0 saturated carbocycles. The highest BCUT2D eigenvalue weighted by atomic mass is 35.5. The minimum absolute atomic E-state index is 0.0602. The molecule has 0 aliphatic heterocycles. The van der Waals surface area contributed by atoms with Gasteiger partial charge in [0.1, 0.15) is 11.5 Å². The number of aryl methyl sites for hydroxylation is 1. The predicted molar refractivity (Wildman–Crippen MR) is 87.0 cm³/mol. The fourth-order valence-electron chi connectivity index (χ4n) is 2.16. The van der Waals surface area contributed by atoms with Crippen molar-refractivity contribution < 1.29 is 9.53 Å². The van der Waals surface area contributed by atoms with Gasteiger partial charge < -0.3 is 14.6 Å². The highest BCUT2D eigenvalue weighted by Gasteiger charge is 2.17. The lowest BCUT2D eigenvalue weighted by Crippen LogP contribution is -2.12. The number of esters is 1. The third kappa shape index (κ3) is 3.09. The van der Waals surface area contributed by atoms with Gasteiger partial charge in [0.05, 0.1) is 12.3 Å². The normalized spacial score (nSPS) is 10.7. The van der Waals surface area contributed by atoms with Crippen LogP contribution in [0.2, 0.25) is 5.15 Å². The van der Waals surface area contributed by atoms with Gasteiger partial charge >= 0.3 is 5.97 Å². The van der Waals surface area contributed by atoms with Crippen LogP contribution in [0.4, 0.5) is 11.5 Å². The molecule has 1 N–H and O–H groups in total. The molecule has 118 valence electrons. The Morgan fingerprint density at radius 1 is 1.35 bits per heavy atom. The van der Waals surface area contributed by atoms with Crippen molar-refractivity contribution >= 4 is 40.1 Å². The SMILES string of the molecule is CCOC(=O)c1nnc(Cl)cc1Nc1ccc2ccn(C)c2n1. The van der Waals surface area contributed by atoms with Gasteiger partial charge in [-0.05, 0) is 25.1 Å². The molecule has 0 amide bonds. The Kier molecular flexibility index (Phi) is 4.12. The Hall–Kier alpha value is -2.67. The van der Waals surface area contributed by atoms with Crippen molar-refractivity contribution in [3.8, 4) is 0 Å². The van der Waals surface area contributed by atoms with E-state index in [2.05, 4.69) is 20.5 Å². The van der Waals surface area contributed by atoms with E-state index >= 15 is 0 Å². The van der Waals surface area contributed by atoms with E-state index in [9.17, 15) is 4.79 Å². The summed E-state index contributed by atoms with van der Waals surface area (Å²) in [5.41, 5.74) is 1.27. The second kappa shape index (κ2) is 6.21. The predicted octanol–water partition coefficient (Wildman–Crippen LogP) is 2.94. The van der Waals surface area contributed by atoms with Gasteiger partial charge in [0.15, 0.2) is 10.8 Å². The zero-order valence-corrected chi connectivity index (χ0v) is 13.3. The molecule has 0 bridgehead atoms. The number of fused-ring (bicyclic) bond motifs is 1. The number of rotatable bonds is 4. The van der Waals surface area contributed by atoms with E-state index in [-0.39, 0.29) is 17.5 Å². The summed E-state index contributed by atoms with van der Waals surface area (Å²) < 4.78 is 6.88. The third-order valence-corrected chi connectivity index (χ3v) is 3.40. The molecule has 8 heteroatoms. The van der Waals surface area contributed by atoms with Crippen LogP contribution in [-0.4, -0.2) is 32.3 Å². The average Bonchev–Trinajstić information content (AvgIpc) is 2.89. The topological polar surface area (TPSA) is 81.9 Å². The molecule has 0 aliphatic carbocycles. The van der Waals surface area contributed by atoms with Crippen molar-refractivity contribution in [2.75, 3.05) is 11.9 Å². The zero-order valence-electron chi connectivity index (χ0n) is 12.6. The lowest BCUT2D eigenvalue weighted by Gasteiger charge is -2.10. The number of aromatic nitrogens is 4. The Morgan fingerprint density at radius 2 is 2.17 bits per heavy atom. The fourth-order valence-corrected chi connectivity index (χ4v) is 2.30. The van der Waals surface area contributed by atoms with Gasteiger partial charge in [0.2, 0.25) is 0 Å². The van der Waals surface area contributed by atoms with Crippen LogP contribution in [0.25, 0.3) is 11.0 Å². The quantitative estimate of drug-likeness (QED) is 0.740. The number of hydrogen-bond donors (Lipinski definition) is 1. The molecular formula is C15H14ClN5O2. The Bertz CT molecular complexity index is 877. The van der Waals surface area contributed by atoms with Gasteiger partial charge in [-0.3, -0.25) is 0 Å². The first-order chi connectivity index (χ1) is 11.1. The monoisotopic (exact) mass is 331 g/mol. The Labute approximate surface area is 137 Å². The summed E-state index contributed by atoms with van der Waals surface area (Å²) in [6.45, 7) is 1.97. The summed E-state index contributed by atoms with van der Waals surface area (Å²) in [4.78, 5) is 16.5. The van der Waals surface area contributed by atoms with Crippen molar-refractivity contribution in [1.82, 2.24) is 19.7 Å². The first kappa shape index (κ1) is 15.2. The molecule has 0 unspecified atom stereocenters. The minimum atomic E-state index is -0.570. The molecule has 3 aromatic heterocycles. The molecule has 0 aliphatic rings.